The number of benzene rings is 1. The molecule has 1 heterocycles. The molecule has 0 fully saturated rings. The Kier molecular flexibility index (Phi) is 4.46. The van der Waals surface area contributed by atoms with Gasteiger partial charge in [0, 0.05) is 17.8 Å². The van der Waals surface area contributed by atoms with E-state index in [4.69, 9.17) is 0 Å². The van der Waals surface area contributed by atoms with Gasteiger partial charge in [-0.1, -0.05) is 17.7 Å². The summed E-state index contributed by atoms with van der Waals surface area (Å²) in [5.41, 5.74) is 5.23. The van der Waals surface area contributed by atoms with Crippen LogP contribution in [-0.2, 0) is 4.79 Å². The number of nitrogens with one attached hydrogen (secondary N) is 1. The molecule has 1 aromatic heterocycles. The maximum absolute atomic E-state index is 12.2. The van der Waals surface area contributed by atoms with Crippen LogP contribution in [0.5, 0.6) is 0 Å². The van der Waals surface area contributed by atoms with Gasteiger partial charge >= 0.3 is 0 Å². The number of aromatic nitrogens is 2. The summed E-state index contributed by atoms with van der Waals surface area (Å²) in [7, 11) is 0. The van der Waals surface area contributed by atoms with Gasteiger partial charge < -0.3 is 5.32 Å². The molecule has 4 heteroatoms. The van der Waals surface area contributed by atoms with Crippen molar-refractivity contribution in [3.63, 3.8) is 0 Å². The maximum atomic E-state index is 12.2. The number of amides is 1. The number of carbonyl (C=O) groups excluding carboxylic acids is 1. The Labute approximate surface area is 126 Å². The number of carbonyl (C=O) groups is 1. The number of hydrogen-bond donors (Lipinski definition) is 1. The summed E-state index contributed by atoms with van der Waals surface area (Å²) < 4.78 is 1.91. The van der Waals surface area contributed by atoms with Crippen LogP contribution in [0.2, 0.25) is 0 Å². The topological polar surface area (TPSA) is 46.9 Å². The van der Waals surface area contributed by atoms with Crippen molar-refractivity contribution in [3.05, 3.63) is 46.8 Å². The van der Waals surface area contributed by atoms with Crippen molar-refractivity contribution in [1.82, 2.24) is 9.78 Å². The summed E-state index contributed by atoms with van der Waals surface area (Å²) >= 11 is 0. The Morgan fingerprint density at radius 2 is 1.95 bits per heavy atom. The number of rotatable bonds is 4. The highest BCUT2D eigenvalue weighted by atomic mass is 16.1. The number of hydrogen-bond acceptors (Lipinski definition) is 2. The molecule has 112 valence electrons. The van der Waals surface area contributed by atoms with E-state index in [9.17, 15) is 4.79 Å². The van der Waals surface area contributed by atoms with Gasteiger partial charge in [-0.05, 0) is 52.3 Å². The molecule has 0 saturated carbocycles. The molecular formula is C17H23N3O. The minimum absolute atomic E-state index is 0.0157. The highest BCUT2D eigenvalue weighted by Crippen LogP contribution is 2.19. The molecule has 2 rings (SSSR count). The first-order valence-corrected chi connectivity index (χ1v) is 7.26. The molecule has 0 bridgehead atoms. The average molecular weight is 285 g/mol. The van der Waals surface area contributed by atoms with E-state index in [1.807, 2.05) is 57.5 Å². The van der Waals surface area contributed by atoms with E-state index in [2.05, 4.69) is 16.5 Å². The summed E-state index contributed by atoms with van der Waals surface area (Å²) in [6, 6.07) is 8.10. The van der Waals surface area contributed by atoms with Gasteiger partial charge in [-0.15, -0.1) is 0 Å². The number of nitrogens with zero attached hydrogens (tertiary/aromatic N) is 2. The highest BCUT2D eigenvalue weighted by Gasteiger charge is 2.14. The van der Waals surface area contributed by atoms with Crippen molar-refractivity contribution in [2.24, 2.45) is 0 Å². The summed E-state index contributed by atoms with van der Waals surface area (Å²) in [5, 5.41) is 7.42. The summed E-state index contributed by atoms with van der Waals surface area (Å²) in [6.07, 6.45) is 0.412. The smallest absolute Gasteiger partial charge is 0.226 e. The molecule has 0 aliphatic carbocycles. The molecule has 0 radical (unpaired) electrons. The monoisotopic (exact) mass is 285 g/mol. The molecule has 1 aromatic carbocycles. The van der Waals surface area contributed by atoms with Crippen LogP contribution >= 0.6 is 0 Å². The standard InChI is InChI=1S/C17H23N3O/c1-11-6-7-16(12(2)8-11)18-17(21)10-15(5)20-14(4)9-13(3)19-20/h6-9,15H,10H2,1-5H3,(H,18,21). The normalized spacial score (nSPS) is 12.2. The van der Waals surface area contributed by atoms with Crippen molar-refractivity contribution in [1.29, 1.82) is 0 Å². The van der Waals surface area contributed by atoms with Gasteiger partial charge in [0.1, 0.15) is 0 Å². The van der Waals surface area contributed by atoms with Crippen LogP contribution in [0.25, 0.3) is 0 Å². The molecule has 21 heavy (non-hydrogen) atoms. The fourth-order valence-corrected chi connectivity index (χ4v) is 2.60. The minimum Gasteiger partial charge on any atom is -0.326 e. The third kappa shape index (κ3) is 3.72. The zero-order valence-electron chi connectivity index (χ0n) is 13.4. The van der Waals surface area contributed by atoms with Crippen LogP contribution in [-0.4, -0.2) is 15.7 Å². The molecule has 1 amide bonds. The number of anilines is 1. The lowest BCUT2D eigenvalue weighted by Crippen LogP contribution is -2.19. The minimum atomic E-state index is 0.0157. The zero-order chi connectivity index (χ0) is 15.6. The molecule has 0 aliphatic heterocycles. The first-order chi connectivity index (χ1) is 9.86. The van der Waals surface area contributed by atoms with Gasteiger partial charge in [-0.3, -0.25) is 9.48 Å². The molecule has 0 aliphatic rings. The first kappa shape index (κ1) is 15.3. The van der Waals surface area contributed by atoms with Gasteiger partial charge in [0.15, 0.2) is 0 Å². The van der Waals surface area contributed by atoms with Gasteiger partial charge in [-0.25, -0.2) is 0 Å². The molecule has 1 atom stereocenters. The predicted octanol–water partition coefficient (Wildman–Crippen LogP) is 3.71. The second kappa shape index (κ2) is 6.12. The molecule has 4 nitrogen and oxygen atoms in total. The lowest BCUT2D eigenvalue weighted by molar-refractivity contribution is -0.116. The lowest BCUT2D eigenvalue weighted by atomic mass is 10.1. The molecule has 1 N–H and O–H groups in total. The highest BCUT2D eigenvalue weighted by molar-refractivity contribution is 5.91. The molecule has 1 unspecified atom stereocenters. The Morgan fingerprint density at radius 1 is 1.24 bits per heavy atom. The fraction of sp³-hybridized carbons (Fsp3) is 0.412. The zero-order valence-corrected chi connectivity index (χ0v) is 13.4. The summed E-state index contributed by atoms with van der Waals surface area (Å²) in [4.78, 5) is 12.2. The van der Waals surface area contributed by atoms with Crippen LogP contribution < -0.4 is 5.32 Å². The van der Waals surface area contributed by atoms with Gasteiger partial charge in [-0.2, -0.15) is 5.10 Å². The van der Waals surface area contributed by atoms with Gasteiger partial charge in [0.25, 0.3) is 0 Å². The van der Waals surface area contributed by atoms with E-state index in [0.717, 1.165) is 22.6 Å². The van der Waals surface area contributed by atoms with Crippen LogP contribution in [0.15, 0.2) is 24.3 Å². The van der Waals surface area contributed by atoms with Crippen molar-refractivity contribution < 1.29 is 4.79 Å². The summed E-state index contributed by atoms with van der Waals surface area (Å²) in [6.45, 7) is 10.0. The van der Waals surface area contributed by atoms with Crippen molar-refractivity contribution >= 4 is 11.6 Å². The van der Waals surface area contributed by atoms with Crippen molar-refractivity contribution in [3.8, 4) is 0 Å². The van der Waals surface area contributed by atoms with E-state index < -0.39 is 0 Å². The van der Waals surface area contributed by atoms with Crippen LogP contribution in [0.1, 0.15) is 41.9 Å². The van der Waals surface area contributed by atoms with E-state index >= 15 is 0 Å². The van der Waals surface area contributed by atoms with Crippen molar-refractivity contribution in [2.75, 3.05) is 5.32 Å². The van der Waals surface area contributed by atoms with Crippen LogP contribution in [0, 0.1) is 27.7 Å². The second-order valence-electron chi connectivity index (χ2n) is 5.79. The SMILES string of the molecule is Cc1ccc(NC(=O)CC(C)n2nc(C)cc2C)c(C)c1. The Balaban J connectivity index is 2.03. The molecule has 2 aromatic rings. The Bertz CT molecular complexity index is 658. The molecule has 0 saturated heterocycles. The van der Waals surface area contributed by atoms with Gasteiger partial charge in [0.2, 0.25) is 5.91 Å². The van der Waals surface area contributed by atoms with Crippen molar-refractivity contribution in [2.45, 2.75) is 47.1 Å². The van der Waals surface area contributed by atoms with E-state index in [1.165, 1.54) is 5.56 Å². The third-order valence-electron chi connectivity index (χ3n) is 3.60. The maximum Gasteiger partial charge on any atom is 0.226 e. The van der Waals surface area contributed by atoms with Gasteiger partial charge in [0.05, 0.1) is 11.7 Å². The van der Waals surface area contributed by atoms with Crippen LogP contribution in [0.3, 0.4) is 0 Å². The van der Waals surface area contributed by atoms with Crippen LogP contribution in [0.4, 0.5) is 5.69 Å². The summed E-state index contributed by atoms with van der Waals surface area (Å²) in [5.74, 6) is 0.0157. The number of aryl methyl sites for hydroxylation is 4. The second-order valence-corrected chi connectivity index (χ2v) is 5.79. The first-order valence-electron chi connectivity index (χ1n) is 7.26. The fourth-order valence-electron chi connectivity index (χ4n) is 2.60. The van der Waals surface area contributed by atoms with E-state index in [-0.39, 0.29) is 11.9 Å². The Hall–Kier alpha value is -2.10. The quantitative estimate of drug-likeness (QED) is 0.931. The predicted molar refractivity (Wildman–Crippen MR) is 85.6 cm³/mol. The molecule has 0 spiro atoms. The average Bonchev–Trinajstić information content (AvgIpc) is 2.72. The third-order valence-corrected chi connectivity index (χ3v) is 3.60. The molecular weight excluding hydrogens is 262 g/mol. The van der Waals surface area contributed by atoms with E-state index in [0.29, 0.717) is 6.42 Å². The lowest BCUT2D eigenvalue weighted by Gasteiger charge is -2.15. The largest absolute Gasteiger partial charge is 0.326 e. The Morgan fingerprint density at radius 3 is 2.52 bits per heavy atom. The van der Waals surface area contributed by atoms with E-state index in [1.54, 1.807) is 0 Å².